The first-order chi connectivity index (χ1) is 7.72. The maximum atomic E-state index is 3.56. The molecule has 0 spiro atoms. The highest BCUT2D eigenvalue weighted by molar-refractivity contribution is 9.10. The van der Waals surface area contributed by atoms with Crippen LogP contribution < -0.4 is 5.32 Å². The molecule has 2 aromatic rings. The summed E-state index contributed by atoms with van der Waals surface area (Å²) in [6, 6.07) is 11.2. The van der Waals surface area contributed by atoms with E-state index < -0.39 is 0 Å². The van der Waals surface area contributed by atoms with E-state index >= 15 is 0 Å². The van der Waals surface area contributed by atoms with Crippen molar-refractivity contribution in [2.24, 2.45) is 0 Å². The first-order valence-corrected chi connectivity index (χ1v) is 6.90. The van der Waals surface area contributed by atoms with Crippen LogP contribution in [0.15, 0.2) is 40.2 Å². The third kappa shape index (κ3) is 2.37. The standard InChI is InChI=1S/C13H14BrNS/c1-9(15-2)10-3-5-11(6-4-10)13-12(14)7-8-16-13/h3-9,15H,1-2H3. The fraction of sp³-hybridized carbons (Fsp3) is 0.231. The predicted molar refractivity (Wildman–Crippen MR) is 74.9 cm³/mol. The summed E-state index contributed by atoms with van der Waals surface area (Å²) >= 11 is 5.32. The average Bonchev–Trinajstić information content (AvgIpc) is 2.75. The molecular formula is C13H14BrNS. The lowest BCUT2D eigenvalue weighted by molar-refractivity contribution is 0.652. The van der Waals surface area contributed by atoms with Crippen LogP contribution in [0.5, 0.6) is 0 Å². The molecule has 0 fully saturated rings. The second kappa shape index (κ2) is 5.13. The first kappa shape index (κ1) is 11.8. The van der Waals surface area contributed by atoms with Gasteiger partial charge in [-0.25, -0.2) is 0 Å². The van der Waals surface area contributed by atoms with Crippen molar-refractivity contribution in [3.63, 3.8) is 0 Å². The number of rotatable bonds is 3. The van der Waals surface area contributed by atoms with Crippen molar-refractivity contribution in [2.45, 2.75) is 13.0 Å². The minimum absolute atomic E-state index is 0.404. The Labute approximate surface area is 109 Å². The predicted octanol–water partition coefficient (Wildman–Crippen LogP) is 4.46. The Morgan fingerprint density at radius 2 is 1.88 bits per heavy atom. The van der Waals surface area contributed by atoms with Crippen LogP contribution in [-0.4, -0.2) is 7.05 Å². The third-order valence-electron chi connectivity index (χ3n) is 2.72. The van der Waals surface area contributed by atoms with Crippen molar-refractivity contribution >= 4 is 27.3 Å². The number of thiophene rings is 1. The van der Waals surface area contributed by atoms with E-state index in [2.05, 4.69) is 63.9 Å². The van der Waals surface area contributed by atoms with Gasteiger partial charge in [-0.05, 0) is 52.5 Å². The maximum Gasteiger partial charge on any atom is 0.0484 e. The SMILES string of the molecule is CNC(C)c1ccc(-c2sccc2Br)cc1. The van der Waals surface area contributed by atoms with Crippen LogP contribution in [0.1, 0.15) is 18.5 Å². The summed E-state index contributed by atoms with van der Waals surface area (Å²) in [5.41, 5.74) is 2.59. The van der Waals surface area contributed by atoms with E-state index in [9.17, 15) is 0 Å². The van der Waals surface area contributed by atoms with Crippen LogP contribution in [0.25, 0.3) is 10.4 Å². The van der Waals surface area contributed by atoms with E-state index in [0.717, 1.165) is 0 Å². The monoisotopic (exact) mass is 295 g/mol. The molecule has 0 radical (unpaired) electrons. The maximum absolute atomic E-state index is 3.56. The molecule has 0 aliphatic carbocycles. The molecule has 1 atom stereocenters. The molecule has 3 heteroatoms. The number of hydrogen-bond acceptors (Lipinski definition) is 2. The molecule has 1 aromatic heterocycles. The van der Waals surface area contributed by atoms with E-state index in [1.54, 1.807) is 11.3 Å². The molecule has 1 heterocycles. The number of benzene rings is 1. The Hall–Kier alpha value is -0.640. The highest BCUT2D eigenvalue weighted by Crippen LogP contribution is 2.33. The van der Waals surface area contributed by atoms with Crippen LogP contribution in [0.4, 0.5) is 0 Å². The molecule has 0 amide bonds. The molecular weight excluding hydrogens is 282 g/mol. The second-order valence-electron chi connectivity index (χ2n) is 3.73. The van der Waals surface area contributed by atoms with Crippen LogP contribution in [-0.2, 0) is 0 Å². The molecule has 2 rings (SSSR count). The largest absolute Gasteiger partial charge is 0.313 e. The minimum atomic E-state index is 0.404. The van der Waals surface area contributed by atoms with Gasteiger partial charge in [-0.15, -0.1) is 11.3 Å². The van der Waals surface area contributed by atoms with Crippen molar-refractivity contribution in [3.8, 4) is 10.4 Å². The molecule has 0 bridgehead atoms. The van der Waals surface area contributed by atoms with Crippen molar-refractivity contribution < 1.29 is 0 Å². The van der Waals surface area contributed by atoms with E-state index in [-0.39, 0.29) is 0 Å². The summed E-state index contributed by atoms with van der Waals surface area (Å²) in [5.74, 6) is 0. The quantitative estimate of drug-likeness (QED) is 0.882. The Morgan fingerprint density at radius 1 is 1.19 bits per heavy atom. The van der Waals surface area contributed by atoms with Crippen molar-refractivity contribution in [3.05, 3.63) is 45.7 Å². The van der Waals surface area contributed by atoms with E-state index in [0.29, 0.717) is 6.04 Å². The molecule has 0 saturated carbocycles. The van der Waals surface area contributed by atoms with Gasteiger partial charge in [0.2, 0.25) is 0 Å². The van der Waals surface area contributed by atoms with Crippen LogP contribution in [0, 0.1) is 0 Å². The molecule has 1 nitrogen and oxygen atoms in total. The summed E-state index contributed by atoms with van der Waals surface area (Å²) in [6.45, 7) is 2.16. The molecule has 1 aromatic carbocycles. The normalized spacial score (nSPS) is 12.7. The summed E-state index contributed by atoms with van der Waals surface area (Å²) in [7, 11) is 1.98. The molecule has 0 saturated heterocycles. The summed E-state index contributed by atoms with van der Waals surface area (Å²) in [5, 5.41) is 5.34. The molecule has 1 N–H and O–H groups in total. The average molecular weight is 296 g/mol. The van der Waals surface area contributed by atoms with Crippen molar-refractivity contribution in [2.75, 3.05) is 7.05 Å². The molecule has 84 valence electrons. The van der Waals surface area contributed by atoms with Gasteiger partial charge in [-0.1, -0.05) is 24.3 Å². The second-order valence-corrected chi connectivity index (χ2v) is 5.50. The zero-order valence-electron chi connectivity index (χ0n) is 9.33. The van der Waals surface area contributed by atoms with Gasteiger partial charge in [-0.2, -0.15) is 0 Å². The zero-order valence-corrected chi connectivity index (χ0v) is 11.7. The third-order valence-corrected chi connectivity index (χ3v) is 4.61. The van der Waals surface area contributed by atoms with Gasteiger partial charge >= 0.3 is 0 Å². The lowest BCUT2D eigenvalue weighted by Crippen LogP contribution is -2.11. The lowest BCUT2D eigenvalue weighted by Gasteiger charge is -2.10. The molecule has 0 aliphatic heterocycles. The smallest absolute Gasteiger partial charge is 0.0484 e. The Kier molecular flexibility index (Phi) is 3.79. The Morgan fingerprint density at radius 3 is 2.38 bits per heavy atom. The lowest BCUT2D eigenvalue weighted by atomic mass is 10.1. The van der Waals surface area contributed by atoms with Gasteiger partial charge in [0.05, 0.1) is 0 Å². The highest BCUT2D eigenvalue weighted by Gasteiger charge is 2.06. The molecule has 0 aliphatic rings. The fourth-order valence-electron chi connectivity index (χ4n) is 1.59. The summed E-state index contributed by atoms with van der Waals surface area (Å²) < 4.78 is 1.17. The highest BCUT2D eigenvalue weighted by atomic mass is 79.9. The summed E-state index contributed by atoms with van der Waals surface area (Å²) in [4.78, 5) is 1.30. The van der Waals surface area contributed by atoms with Gasteiger partial charge in [-0.3, -0.25) is 0 Å². The van der Waals surface area contributed by atoms with Gasteiger partial charge < -0.3 is 5.32 Å². The zero-order chi connectivity index (χ0) is 11.5. The van der Waals surface area contributed by atoms with Gasteiger partial charge in [0.25, 0.3) is 0 Å². The number of halogens is 1. The van der Waals surface area contributed by atoms with E-state index in [1.807, 2.05) is 7.05 Å². The van der Waals surface area contributed by atoms with Gasteiger partial charge in [0.1, 0.15) is 0 Å². The van der Waals surface area contributed by atoms with E-state index in [1.165, 1.54) is 20.5 Å². The summed E-state index contributed by atoms with van der Waals surface area (Å²) in [6.07, 6.45) is 0. The van der Waals surface area contributed by atoms with Crippen molar-refractivity contribution in [1.82, 2.24) is 5.32 Å². The van der Waals surface area contributed by atoms with Gasteiger partial charge in [0.15, 0.2) is 0 Å². The Bertz CT molecular complexity index is 461. The Balaban J connectivity index is 2.30. The van der Waals surface area contributed by atoms with E-state index in [4.69, 9.17) is 0 Å². The van der Waals surface area contributed by atoms with Gasteiger partial charge in [0, 0.05) is 15.4 Å². The first-order valence-electron chi connectivity index (χ1n) is 5.23. The minimum Gasteiger partial charge on any atom is -0.313 e. The van der Waals surface area contributed by atoms with Crippen LogP contribution in [0.3, 0.4) is 0 Å². The molecule has 16 heavy (non-hydrogen) atoms. The number of hydrogen-bond donors (Lipinski definition) is 1. The van der Waals surface area contributed by atoms with Crippen molar-refractivity contribution in [1.29, 1.82) is 0 Å². The molecule has 1 unspecified atom stereocenters. The van der Waals surface area contributed by atoms with Crippen LogP contribution in [0.2, 0.25) is 0 Å². The number of nitrogens with one attached hydrogen (secondary N) is 1. The fourth-order valence-corrected chi connectivity index (χ4v) is 3.20. The van der Waals surface area contributed by atoms with Crippen LogP contribution >= 0.6 is 27.3 Å². The topological polar surface area (TPSA) is 12.0 Å².